The van der Waals surface area contributed by atoms with Gasteiger partial charge in [0.15, 0.2) is 0 Å². The first-order valence-electron chi connectivity index (χ1n) is 8.31. The van der Waals surface area contributed by atoms with E-state index in [-0.39, 0.29) is 11.7 Å². The summed E-state index contributed by atoms with van der Waals surface area (Å²) < 4.78 is 14.7. The third-order valence-electron chi connectivity index (χ3n) is 4.82. The van der Waals surface area contributed by atoms with Crippen LogP contribution in [0.25, 0.3) is 12.2 Å². The molecular formula is C22H27F. The lowest BCUT2D eigenvalue weighted by atomic mass is 9.71. The summed E-state index contributed by atoms with van der Waals surface area (Å²) in [6.45, 7) is 16.1. The fourth-order valence-electron chi connectivity index (χ4n) is 3.66. The van der Waals surface area contributed by atoms with Gasteiger partial charge in [-0.15, -0.1) is 0 Å². The molecule has 0 radical (unpaired) electrons. The minimum Gasteiger partial charge on any atom is -0.206 e. The molecule has 1 aliphatic carbocycles. The average molecular weight is 310 g/mol. The van der Waals surface area contributed by atoms with Crippen LogP contribution in [0.4, 0.5) is 4.39 Å². The molecule has 0 bridgehead atoms. The first kappa shape index (κ1) is 17.5. The summed E-state index contributed by atoms with van der Waals surface area (Å²) in [5, 5.41) is 0. The van der Waals surface area contributed by atoms with Crippen LogP contribution in [0.15, 0.2) is 42.5 Å². The summed E-state index contributed by atoms with van der Waals surface area (Å²) in [4.78, 5) is 0. The van der Waals surface area contributed by atoms with E-state index in [2.05, 4.69) is 39.2 Å². The van der Waals surface area contributed by atoms with Crippen molar-refractivity contribution in [3.63, 3.8) is 0 Å². The Balaban J connectivity index is 2.77. The Morgan fingerprint density at radius 1 is 1.35 bits per heavy atom. The molecule has 0 aliphatic heterocycles. The molecule has 0 amide bonds. The topological polar surface area (TPSA) is 0 Å². The van der Waals surface area contributed by atoms with Crippen molar-refractivity contribution in [2.75, 3.05) is 0 Å². The van der Waals surface area contributed by atoms with Crippen LogP contribution in [0.1, 0.15) is 61.8 Å². The maximum atomic E-state index is 14.7. The molecule has 0 fully saturated rings. The quantitative estimate of drug-likeness (QED) is 0.535. The van der Waals surface area contributed by atoms with Gasteiger partial charge in [-0.25, -0.2) is 4.39 Å². The average Bonchev–Trinajstić information content (AvgIpc) is 2.50. The van der Waals surface area contributed by atoms with Crippen LogP contribution < -0.4 is 0 Å². The second-order valence-corrected chi connectivity index (χ2v) is 6.66. The highest BCUT2D eigenvalue weighted by molar-refractivity contribution is 5.67. The Morgan fingerprint density at radius 3 is 2.61 bits per heavy atom. The van der Waals surface area contributed by atoms with E-state index in [0.717, 1.165) is 24.0 Å². The number of benzene rings is 1. The van der Waals surface area contributed by atoms with Crippen LogP contribution in [0.2, 0.25) is 0 Å². The smallest absolute Gasteiger partial charge is 0.133 e. The van der Waals surface area contributed by atoms with Crippen LogP contribution in [-0.2, 0) is 0 Å². The zero-order chi connectivity index (χ0) is 17.1. The summed E-state index contributed by atoms with van der Waals surface area (Å²) in [5.41, 5.74) is 5.98. The predicted molar refractivity (Wildman–Crippen MR) is 100.0 cm³/mol. The van der Waals surface area contributed by atoms with Gasteiger partial charge < -0.3 is 0 Å². The van der Waals surface area contributed by atoms with Crippen LogP contribution in [0, 0.1) is 18.7 Å². The Kier molecular flexibility index (Phi) is 5.41. The van der Waals surface area contributed by atoms with E-state index < -0.39 is 0 Å². The molecule has 1 unspecified atom stereocenters. The van der Waals surface area contributed by atoms with Gasteiger partial charge in [-0.1, -0.05) is 48.6 Å². The van der Waals surface area contributed by atoms with E-state index in [1.807, 2.05) is 26.0 Å². The van der Waals surface area contributed by atoms with Crippen molar-refractivity contribution in [2.24, 2.45) is 5.92 Å². The molecule has 0 nitrogen and oxygen atoms in total. The molecule has 1 aromatic carbocycles. The van der Waals surface area contributed by atoms with Crippen LogP contribution in [0.3, 0.4) is 0 Å². The van der Waals surface area contributed by atoms with Crippen molar-refractivity contribution in [1.29, 1.82) is 0 Å². The lowest BCUT2D eigenvalue weighted by Crippen LogP contribution is -2.19. The van der Waals surface area contributed by atoms with Crippen molar-refractivity contribution >= 4 is 12.2 Å². The highest BCUT2D eigenvalue weighted by atomic mass is 19.1. The Labute approximate surface area is 140 Å². The third kappa shape index (κ3) is 3.39. The Bertz CT molecular complexity index is 688. The van der Waals surface area contributed by atoms with E-state index in [1.54, 1.807) is 6.08 Å². The van der Waals surface area contributed by atoms with Crippen molar-refractivity contribution in [3.8, 4) is 0 Å². The van der Waals surface area contributed by atoms with Gasteiger partial charge in [0.05, 0.1) is 0 Å². The SMILES string of the molecule is C=Cc1c(F)c(C)cc(/C=C\C)c1C1C=C(C)CC[C@H]1C(=C)C. The lowest BCUT2D eigenvalue weighted by Gasteiger charge is -2.33. The fraction of sp³-hybridized carbons (Fsp3) is 0.364. The van der Waals surface area contributed by atoms with E-state index in [1.165, 1.54) is 11.1 Å². The monoisotopic (exact) mass is 310 g/mol. The van der Waals surface area contributed by atoms with Crippen molar-refractivity contribution in [3.05, 3.63) is 70.6 Å². The molecule has 0 N–H and O–H groups in total. The van der Waals surface area contributed by atoms with Crippen LogP contribution in [0.5, 0.6) is 0 Å². The van der Waals surface area contributed by atoms with E-state index in [4.69, 9.17) is 0 Å². The molecule has 23 heavy (non-hydrogen) atoms. The van der Waals surface area contributed by atoms with E-state index in [9.17, 15) is 4.39 Å². The summed E-state index contributed by atoms with van der Waals surface area (Å²) in [7, 11) is 0. The lowest BCUT2D eigenvalue weighted by molar-refractivity contribution is 0.480. The van der Waals surface area contributed by atoms with Gasteiger partial charge in [0, 0.05) is 11.5 Å². The van der Waals surface area contributed by atoms with Crippen LogP contribution in [-0.4, -0.2) is 0 Å². The third-order valence-corrected chi connectivity index (χ3v) is 4.82. The van der Waals surface area contributed by atoms with E-state index >= 15 is 0 Å². The molecule has 0 saturated carbocycles. The van der Waals surface area contributed by atoms with Gasteiger partial charge in [-0.3, -0.25) is 0 Å². The number of hydrogen-bond acceptors (Lipinski definition) is 0. The number of allylic oxidation sites excluding steroid dienone is 4. The predicted octanol–water partition coefficient (Wildman–Crippen LogP) is 6.83. The molecule has 0 heterocycles. The van der Waals surface area contributed by atoms with Crippen LogP contribution >= 0.6 is 0 Å². The zero-order valence-corrected chi connectivity index (χ0v) is 14.7. The zero-order valence-electron chi connectivity index (χ0n) is 14.7. The molecule has 0 spiro atoms. The van der Waals surface area contributed by atoms with Gasteiger partial charge in [0.1, 0.15) is 5.82 Å². The molecule has 0 saturated heterocycles. The maximum Gasteiger partial charge on any atom is 0.133 e. The van der Waals surface area contributed by atoms with Gasteiger partial charge in [0.25, 0.3) is 0 Å². The Hall–Kier alpha value is -1.89. The summed E-state index contributed by atoms with van der Waals surface area (Å²) in [6.07, 6.45) is 10.2. The first-order valence-corrected chi connectivity index (χ1v) is 8.31. The number of halogens is 1. The largest absolute Gasteiger partial charge is 0.206 e. The van der Waals surface area contributed by atoms with Gasteiger partial charge in [0.2, 0.25) is 0 Å². The van der Waals surface area contributed by atoms with Crippen molar-refractivity contribution in [2.45, 2.75) is 46.5 Å². The fourth-order valence-corrected chi connectivity index (χ4v) is 3.66. The number of rotatable bonds is 4. The summed E-state index contributed by atoms with van der Waals surface area (Å²) in [5.74, 6) is 0.361. The molecule has 1 heteroatoms. The molecule has 1 aromatic rings. The Morgan fingerprint density at radius 2 is 2.04 bits per heavy atom. The first-order chi connectivity index (χ1) is 10.9. The molecule has 122 valence electrons. The van der Waals surface area contributed by atoms with E-state index in [0.29, 0.717) is 17.0 Å². The van der Waals surface area contributed by atoms with Crippen molar-refractivity contribution < 1.29 is 4.39 Å². The van der Waals surface area contributed by atoms with Gasteiger partial charge >= 0.3 is 0 Å². The second kappa shape index (κ2) is 7.12. The number of aryl methyl sites for hydroxylation is 1. The van der Waals surface area contributed by atoms with Gasteiger partial charge in [-0.2, -0.15) is 0 Å². The standard InChI is InChI=1S/C22H27F/c1-7-9-17-13-16(6)22(23)18(8-2)21(17)20-12-15(5)10-11-19(20)14(3)4/h7-9,12-13,19-20H,2-3,10-11H2,1,4-6H3/b9-7-/t19-,20?/m0/s1. The molecule has 0 aromatic heterocycles. The maximum absolute atomic E-state index is 14.7. The molecule has 2 atom stereocenters. The molecule has 1 aliphatic rings. The minimum absolute atomic E-state index is 0.152. The minimum atomic E-state index is -0.152. The molecule has 2 rings (SSSR count). The second-order valence-electron chi connectivity index (χ2n) is 6.66. The highest BCUT2D eigenvalue weighted by Gasteiger charge is 2.29. The molecular weight excluding hydrogens is 283 g/mol. The van der Waals surface area contributed by atoms with Gasteiger partial charge in [-0.05, 0) is 69.2 Å². The highest BCUT2D eigenvalue weighted by Crippen LogP contribution is 2.43. The normalized spacial score (nSPS) is 21.3. The summed E-state index contributed by atoms with van der Waals surface area (Å²) in [6, 6.07) is 1.95. The number of hydrogen-bond donors (Lipinski definition) is 0. The summed E-state index contributed by atoms with van der Waals surface area (Å²) >= 11 is 0. The van der Waals surface area contributed by atoms with Crippen molar-refractivity contribution in [1.82, 2.24) is 0 Å².